The van der Waals surface area contributed by atoms with Crippen molar-refractivity contribution in [3.8, 4) is 0 Å². The minimum atomic E-state index is -0.101. The Hall–Kier alpha value is -0.970. The third-order valence-corrected chi connectivity index (χ3v) is 4.38. The van der Waals surface area contributed by atoms with Crippen molar-refractivity contribution in [1.29, 1.82) is 0 Å². The van der Waals surface area contributed by atoms with Crippen LogP contribution in [-0.4, -0.2) is 56.1 Å². The summed E-state index contributed by atoms with van der Waals surface area (Å²) in [6, 6.07) is 5.76. The van der Waals surface area contributed by atoms with Crippen LogP contribution in [0.25, 0.3) is 0 Å². The molecule has 1 aliphatic rings. The van der Waals surface area contributed by atoms with Crippen molar-refractivity contribution >= 4 is 0 Å². The first kappa shape index (κ1) is 16.4. The number of aryl methyl sites for hydroxylation is 1. The maximum absolute atomic E-state index is 14.4. The lowest BCUT2D eigenvalue weighted by Crippen LogP contribution is -2.55. The van der Waals surface area contributed by atoms with E-state index in [4.69, 9.17) is 0 Å². The number of nitrogens with one attached hydrogen (secondary N) is 1. The zero-order valence-electron chi connectivity index (χ0n) is 13.7. The number of rotatable bonds is 5. The molecule has 0 saturated carbocycles. The van der Waals surface area contributed by atoms with Crippen molar-refractivity contribution in [2.75, 3.05) is 40.3 Å². The van der Waals surface area contributed by atoms with Gasteiger partial charge in [0.2, 0.25) is 0 Å². The summed E-state index contributed by atoms with van der Waals surface area (Å²) >= 11 is 0. The van der Waals surface area contributed by atoms with Gasteiger partial charge in [0.25, 0.3) is 0 Å². The lowest BCUT2D eigenvalue weighted by atomic mass is 9.94. The second-order valence-corrected chi connectivity index (χ2v) is 6.27. The Morgan fingerprint density at radius 2 is 2.10 bits per heavy atom. The Morgan fingerprint density at radius 3 is 2.81 bits per heavy atom. The highest BCUT2D eigenvalue weighted by Crippen LogP contribution is 2.26. The van der Waals surface area contributed by atoms with Crippen molar-refractivity contribution in [3.63, 3.8) is 0 Å². The molecule has 118 valence electrons. The molecule has 1 aliphatic heterocycles. The van der Waals surface area contributed by atoms with Gasteiger partial charge in [-0.05, 0) is 40.1 Å². The molecule has 0 spiro atoms. The Labute approximate surface area is 128 Å². The molecule has 2 atom stereocenters. The van der Waals surface area contributed by atoms with Gasteiger partial charge in [-0.15, -0.1) is 0 Å². The minimum absolute atomic E-state index is 0.0394. The van der Waals surface area contributed by atoms with Crippen LogP contribution in [0.5, 0.6) is 0 Å². The summed E-state index contributed by atoms with van der Waals surface area (Å²) in [4.78, 5) is 4.69. The van der Waals surface area contributed by atoms with Crippen LogP contribution in [-0.2, 0) is 0 Å². The van der Waals surface area contributed by atoms with E-state index < -0.39 is 0 Å². The molecule has 0 amide bonds. The number of piperazine rings is 1. The topological polar surface area (TPSA) is 18.5 Å². The second-order valence-electron chi connectivity index (χ2n) is 6.27. The molecular formula is C17H28FN3. The van der Waals surface area contributed by atoms with Crippen LogP contribution >= 0.6 is 0 Å². The van der Waals surface area contributed by atoms with Gasteiger partial charge in [0.05, 0.1) is 6.04 Å². The fourth-order valence-electron chi connectivity index (χ4n) is 3.06. The molecule has 0 radical (unpaired) electrons. The predicted octanol–water partition coefficient (Wildman–Crippen LogP) is 2.42. The second kappa shape index (κ2) is 7.34. The molecular weight excluding hydrogens is 265 g/mol. The Balaban J connectivity index is 2.30. The maximum Gasteiger partial charge on any atom is 0.128 e. The third-order valence-electron chi connectivity index (χ3n) is 4.38. The van der Waals surface area contributed by atoms with E-state index in [-0.39, 0.29) is 11.9 Å². The highest BCUT2D eigenvalue weighted by atomic mass is 19.1. The number of benzene rings is 1. The molecule has 0 aliphatic carbocycles. The smallest absolute Gasteiger partial charge is 0.128 e. The van der Waals surface area contributed by atoms with Gasteiger partial charge in [-0.2, -0.15) is 0 Å². The molecule has 4 heteroatoms. The van der Waals surface area contributed by atoms with Gasteiger partial charge in [-0.25, -0.2) is 4.39 Å². The fraction of sp³-hybridized carbons (Fsp3) is 0.647. The molecule has 3 nitrogen and oxygen atoms in total. The molecule has 1 aromatic rings. The van der Waals surface area contributed by atoms with Crippen LogP contribution in [0.2, 0.25) is 0 Å². The van der Waals surface area contributed by atoms with Crippen LogP contribution in [0.1, 0.15) is 30.5 Å². The molecule has 1 fully saturated rings. The Morgan fingerprint density at radius 1 is 1.33 bits per heavy atom. The van der Waals surface area contributed by atoms with E-state index in [0.29, 0.717) is 6.04 Å². The van der Waals surface area contributed by atoms with Crippen LogP contribution in [0.4, 0.5) is 4.39 Å². The first-order chi connectivity index (χ1) is 10.0. The molecule has 2 rings (SSSR count). The molecule has 0 aromatic heterocycles. The Bertz CT molecular complexity index is 463. The van der Waals surface area contributed by atoms with E-state index in [1.807, 2.05) is 19.1 Å². The van der Waals surface area contributed by atoms with Gasteiger partial charge in [0.15, 0.2) is 0 Å². The lowest BCUT2D eigenvalue weighted by Gasteiger charge is -2.42. The number of halogens is 1. The number of hydrogen-bond acceptors (Lipinski definition) is 3. The summed E-state index contributed by atoms with van der Waals surface area (Å²) in [6.07, 6.45) is 1.05. The fourth-order valence-corrected chi connectivity index (χ4v) is 3.06. The lowest BCUT2D eigenvalue weighted by molar-refractivity contribution is 0.0866. The van der Waals surface area contributed by atoms with E-state index in [1.165, 1.54) is 0 Å². The van der Waals surface area contributed by atoms with Crippen molar-refractivity contribution in [3.05, 3.63) is 35.1 Å². The average molecular weight is 293 g/mol. The first-order valence-corrected chi connectivity index (χ1v) is 7.91. The zero-order valence-corrected chi connectivity index (χ0v) is 13.7. The van der Waals surface area contributed by atoms with E-state index in [2.05, 4.69) is 36.1 Å². The first-order valence-electron chi connectivity index (χ1n) is 7.91. The molecule has 21 heavy (non-hydrogen) atoms. The molecule has 1 N–H and O–H groups in total. The summed E-state index contributed by atoms with van der Waals surface area (Å²) in [5, 5.41) is 3.57. The molecule has 1 saturated heterocycles. The van der Waals surface area contributed by atoms with Gasteiger partial charge in [-0.3, -0.25) is 4.90 Å². The largest absolute Gasteiger partial charge is 0.309 e. The summed E-state index contributed by atoms with van der Waals surface area (Å²) < 4.78 is 14.4. The molecule has 0 bridgehead atoms. The molecule has 1 heterocycles. The van der Waals surface area contributed by atoms with Crippen molar-refractivity contribution in [1.82, 2.24) is 15.1 Å². The number of likely N-dealkylation sites (N-methyl/N-ethyl adjacent to an activating group) is 2. The minimum Gasteiger partial charge on any atom is -0.309 e. The van der Waals surface area contributed by atoms with E-state index in [9.17, 15) is 4.39 Å². The van der Waals surface area contributed by atoms with Crippen LogP contribution in [0.3, 0.4) is 0 Å². The number of hydrogen-bond donors (Lipinski definition) is 1. The Kier molecular flexibility index (Phi) is 5.73. The van der Waals surface area contributed by atoms with E-state index in [1.54, 1.807) is 6.07 Å². The molecule has 1 aromatic carbocycles. The van der Waals surface area contributed by atoms with Crippen molar-refractivity contribution in [2.24, 2.45) is 0 Å². The highest BCUT2D eigenvalue weighted by molar-refractivity contribution is 5.28. The van der Waals surface area contributed by atoms with Crippen molar-refractivity contribution in [2.45, 2.75) is 32.4 Å². The van der Waals surface area contributed by atoms with E-state index >= 15 is 0 Å². The monoisotopic (exact) mass is 293 g/mol. The summed E-state index contributed by atoms with van der Waals surface area (Å²) in [5.41, 5.74) is 1.91. The quantitative estimate of drug-likeness (QED) is 0.899. The van der Waals surface area contributed by atoms with E-state index in [0.717, 1.165) is 43.7 Å². The molecule has 2 unspecified atom stereocenters. The van der Waals surface area contributed by atoms with Crippen LogP contribution in [0, 0.1) is 12.7 Å². The summed E-state index contributed by atoms with van der Waals surface area (Å²) in [6.45, 7) is 8.14. The standard InChI is InChI=1S/C17H28FN3/c1-5-8-19-17(14-11-13(2)6-7-15(14)18)16-12-20(3)9-10-21(16)4/h6-7,11,16-17,19H,5,8-10,12H2,1-4H3. The summed E-state index contributed by atoms with van der Waals surface area (Å²) in [5.74, 6) is -0.101. The van der Waals surface area contributed by atoms with Gasteiger partial charge in [-0.1, -0.05) is 24.6 Å². The third kappa shape index (κ3) is 4.02. The summed E-state index contributed by atoms with van der Waals surface area (Å²) in [7, 11) is 4.29. The number of nitrogens with zero attached hydrogens (tertiary/aromatic N) is 2. The van der Waals surface area contributed by atoms with Gasteiger partial charge >= 0.3 is 0 Å². The predicted molar refractivity (Wildman–Crippen MR) is 86.1 cm³/mol. The zero-order chi connectivity index (χ0) is 15.4. The SMILES string of the molecule is CCCNC(c1cc(C)ccc1F)C1CN(C)CCN1C. The van der Waals surface area contributed by atoms with Crippen LogP contribution in [0.15, 0.2) is 18.2 Å². The normalized spacial score (nSPS) is 22.4. The van der Waals surface area contributed by atoms with Crippen LogP contribution < -0.4 is 5.32 Å². The highest BCUT2D eigenvalue weighted by Gasteiger charge is 2.31. The van der Waals surface area contributed by atoms with Gasteiger partial charge < -0.3 is 10.2 Å². The average Bonchev–Trinajstić information content (AvgIpc) is 2.46. The van der Waals surface area contributed by atoms with Gasteiger partial charge in [0, 0.05) is 31.2 Å². The van der Waals surface area contributed by atoms with Gasteiger partial charge in [0.1, 0.15) is 5.82 Å². The van der Waals surface area contributed by atoms with Crippen molar-refractivity contribution < 1.29 is 4.39 Å². The maximum atomic E-state index is 14.4.